The molecule has 2 heterocycles. The lowest BCUT2D eigenvalue weighted by molar-refractivity contribution is 0.432. The quantitative estimate of drug-likeness (QED) is 0.689. The molecule has 18 heavy (non-hydrogen) atoms. The van der Waals surface area contributed by atoms with E-state index >= 15 is 0 Å². The van der Waals surface area contributed by atoms with Crippen molar-refractivity contribution in [2.24, 2.45) is 0 Å². The maximum atomic E-state index is 13.3. The summed E-state index contributed by atoms with van der Waals surface area (Å²) >= 11 is 0. The molecule has 3 aromatic rings. The third kappa shape index (κ3) is 1.60. The Morgan fingerprint density at radius 1 is 1.39 bits per heavy atom. The van der Waals surface area contributed by atoms with E-state index in [0.717, 1.165) is 11.1 Å². The molecule has 4 nitrogen and oxygen atoms in total. The highest BCUT2D eigenvalue weighted by atomic mass is 19.1. The van der Waals surface area contributed by atoms with E-state index in [9.17, 15) is 4.39 Å². The third-order valence-electron chi connectivity index (χ3n) is 2.76. The molecule has 0 aliphatic carbocycles. The first-order chi connectivity index (χ1) is 8.65. The van der Waals surface area contributed by atoms with Gasteiger partial charge in [-0.3, -0.25) is 5.10 Å². The minimum Gasteiger partial charge on any atom is -0.505 e. The molecular weight excluding hydrogens is 233 g/mol. The SMILES string of the molecule is Cc1n[nH]c2nc(-c3ccc(O)c(F)c3)c[c]c12. The number of aromatic amines is 1. The van der Waals surface area contributed by atoms with Crippen LogP contribution in [-0.2, 0) is 0 Å². The number of halogens is 1. The smallest absolute Gasteiger partial charge is 0.165 e. The van der Waals surface area contributed by atoms with E-state index in [1.807, 2.05) is 6.92 Å². The number of pyridine rings is 1. The molecular formula is C13H9FN3O. The van der Waals surface area contributed by atoms with Gasteiger partial charge in [-0.05, 0) is 37.3 Å². The molecule has 3 rings (SSSR count). The van der Waals surface area contributed by atoms with Gasteiger partial charge in [-0.25, -0.2) is 9.37 Å². The van der Waals surface area contributed by atoms with Gasteiger partial charge < -0.3 is 5.11 Å². The van der Waals surface area contributed by atoms with Crippen molar-refractivity contribution < 1.29 is 9.50 Å². The van der Waals surface area contributed by atoms with Crippen molar-refractivity contribution in [3.63, 3.8) is 0 Å². The summed E-state index contributed by atoms with van der Waals surface area (Å²) in [5.74, 6) is -1.05. The average molecular weight is 242 g/mol. The Balaban J connectivity index is 2.16. The fourth-order valence-corrected chi connectivity index (χ4v) is 1.78. The average Bonchev–Trinajstić information content (AvgIpc) is 2.74. The number of benzene rings is 1. The Labute approximate surface area is 102 Å². The number of nitrogens with one attached hydrogen (secondary N) is 1. The molecule has 0 saturated carbocycles. The van der Waals surface area contributed by atoms with Crippen LogP contribution in [0.4, 0.5) is 4.39 Å². The molecule has 89 valence electrons. The van der Waals surface area contributed by atoms with Gasteiger partial charge in [0, 0.05) is 10.9 Å². The number of H-pyrrole nitrogens is 1. The molecule has 0 spiro atoms. The highest BCUT2D eigenvalue weighted by Gasteiger charge is 2.08. The van der Waals surface area contributed by atoms with E-state index in [2.05, 4.69) is 21.2 Å². The number of hydrogen-bond donors (Lipinski definition) is 2. The summed E-state index contributed by atoms with van der Waals surface area (Å²) in [6.45, 7) is 1.86. The van der Waals surface area contributed by atoms with Crippen molar-refractivity contribution in [3.8, 4) is 17.0 Å². The molecule has 0 aliphatic rings. The Morgan fingerprint density at radius 2 is 2.22 bits per heavy atom. The van der Waals surface area contributed by atoms with Crippen molar-refractivity contribution in [3.05, 3.63) is 41.8 Å². The Kier molecular flexibility index (Phi) is 2.26. The van der Waals surface area contributed by atoms with Crippen LogP contribution >= 0.6 is 0 Å². The molecule has 1 aromatic carbocycles. The number of aromatic hydroxyl groups is 1. The van der Waals surface area contributed by atoms with Gasteiger partial charge in [0.25, 0.3) is 0 Å². The number of nitrogens with zero attached hydrogens (tertiary/aromatic N) is 2. The summed E-state index contributed by atoms with van der Waals surface area (Å²) in [5.41, 5.74) is 2.58. The van der Waals surface area contributed by atoms with E-state index in [4.69, 9.17) is 5.11 Å². The van der Waals surface area contributed by atoms with Gasteiger partial charge in [0.05, 0.1) is 11.4 Å². The van der Waals surface area contributed by atoms with Crippen LogP contribution in [0.1, 0.15) is 5.69 Å². The number of hydrogen-bond acceptors (Lipinski definition) is 3. The zero-order valence-corrected chi connectivity index (χ0v) is 9.53. The van der Waals surface area contributed by atoms with Crippen LogP contribution < -0.4 is 0 Å². The summed E-state index contributed by atoms with van der Waals surface area (Å²) in [6, 6.07) is 8.87. The summed E-state index contributed by atoms with van der Waals surface area (Å²) in [4.78, 5) is 4.34. The second-order valence-corrected chi connectivity index (χ2v) is 3.98. The van der Waals surface area contributed by atoms with Crippen molar-refractivity contribution >= 4 is 11.0 Å². The summed E-state index contributed by atoms with van der Waals surface area (Å²) in [6.07, 6.45) is 0. The zero-order valence-electron chi connectivity index (χ0n) is 9.53. The summed E-state index contributed by atoms with van der Waals surface area (Å²) < 4.78 is 13.3. The minimum atomic E-state index is -0.671. The maximum Gasteiger partial charge on any atom is 0.165 e. The first-order valence-electron chi connectivity index (χ1n) is 5.37. The van der Waals surface area contributed by atoms with Crippen molar-refractivity contribution in [1.29, 1.82) is 0 Å². The number of phenolic OH excluding ortho intramolecular Hbond substituents is 1. The topological polar surface area (TPSA) is 61.8 Å². The van der Waals surface area contributed by atoms with E-state index in [1.165, 1.54) is 12.1 Å². The van der Waals surface area contributed by atoms with Crippen LogP contribution in [0, 0.1) is 18.8 Å². The van der Waals surface area contributed by atoms with Gasteiger partial charge >= 0.3 is 0 Å². The van der Waals surface area contributed by atoms with Crippen LogP contribution in [0.5, 0.6) is 5.75 Å². The Morgan fingerprint density at radius 3 is 3.00 bits per heavy atom. The normalized spacial score (nSPS) is 11.0. The maximum absolute atomic E-state index is 13.3. The predicted octanol–water partition coefficient (Wildman–Crippen LogP) is 2.58. The lowest BCUT2D eigenvalue weighted by atomic mass is 10.1. The van der Waals surface area contributed by atoms with Crippen LogP contribution in [-0.4, -0.2) is 20.3 Å². The zero-order chi connectivity index (χ0) is 12.7. The molecule has 2 aromatic heterocycles. The molecule has 0 atom stereocenters. The number of aryl methyl sites for hydroxylation is 1. The van der Waals surface area contributed by atoms with Crippen LogP contribution in [0.2, 0.25) is 0 Å². The number of aromatic nitrogens is 3. The fourth-order valence-electron chi connectivity index (χ4n) is 1.78. The molecule has 0 saturated heterocycles. The summed E-state index contributed by atoms with van der Waals surface area (Å²) in [5, 5.41) is 16.8. The molecule has 0 bridgehead atoms. The largest absolute Gasteiger partial charge is 0.505 e. The number of rotatable bonds is 1. The lowest BCUT2D eigenvalue weighted by Crippen LogP contribution is -1.86. The van der Waals surface area contributed by atoms with Crippen molar-refractivity contribution in [2.45, 2.75) is 6.92 Å². The molecule has 0 unspecified atom stereocenters. The molecule has 0 fully saturated rings. The molecule has 5 heteroatoms. The van der Waals surface area contributed by atoms with Gasteiger partial charge in [0.15, 0.2) is 17.2 Å². The van der Waals surface area contributed by atoms with Crippen LogP contribution in [0.15, 0.2) is 24.3 Å². The van der Waals surface area contributed by atoms with Crippen molar-refractivity contribution in [1.82, 2.24) is 15.2 Å². The van der Waals surface area contributed by atoms with Gasteiger partial charge in [0.2, 0.25) is 0 Å². The second kappa shape index (κ2) is 3.80. The van der Waals surface area contributed by atoms with Crippen LogP contribution in [0.25, 0.3) is 22.3 Å². The van der Waals surface area contributed by atoms with E-state index in [-0.39, 0.29) is 5.75 Å². The molecule has 0 aliphatic heterocycles. The highest BCUT2D eigenvalue weighted by molar-refractivity contribution is 5.79. The van der Waals surface area contributed by atoms with E-state index in [1.54, 1.807) is 12.1 Å². The first kappa shape index (κ1) is 10.7. The second-order valence-electron chi connectivity index (χ2n) is 3.98. The minimum absolute atomic E-state index is 0.374. The monoisotopic (exact) mass is 242 g/mol. The van der Waals surface area contributed by atoms with Gasteiger partial charge in [-0.2, -0.15) is 5.10 Å². The lowest BCUT2D eigenvalue weighted by Gasteiger charge is -2.02. The number of fused-ring (bicyclic) bond motifs is 1. The molecule has 1 radical (unpaired) electrons. The predicted molar refractivity (Wildman–Crippen MR) is 64.5 cm³/mol. The number of phenols is 1. The summed E-state index contributed by atoms with van der Waals surface area (Å²) in [7, 11) is 0. The van der Waals surface area contributed by atoms with Gasteiger partial charge in [0.1, 0.15) is 0 Å². The Hall–Kier alpha value is -2.43. The van der Waals surface area contributed by atoms with E-state index in [0.29, 0.717) is 16.9 Å². The third-order valence-corrected chi connectivity index (χ3v) is 2.76. The molecule has 0 amide bonds. The van der Waals surface area contributed by atoms with Gasteiger partial charge in [-0.15, -0.1) is 0 Å². The van der Waals surface area contributed by atoms with Crippen LogP contribution in [0.3, 0.4) is 0 Å². The highest BCUT2D eigenvalue weighted by Crippen LogP contribution is 2.25. The fraction of sp³-hybridized carbons (Fsp3) is 0.0769. The van der Waals surface area contributed by atoms with Crippen molar-refractivity contribution in [2.75, 3.05) is 0 Å². The molecule has 2 N–H and O–H groups in total. The van der Waals surface area contributed by atoms with E-state index < -0.39 is 5.82 Å². The van der Waals surface area contributed by atoms with Gasteiger partial charge in [-0.1, -0.05) is 0 Å². The standard InChI is InChI=1S/C13H9FN3O/c1-7-9-3-4-11(15-13(9)17-16-7)8-2-5-12(18)10(14)6-8/h2,4-6,18H,1H3,(H,15,16,17). The Bertz CT molecular complexity index is 736. The first-order valence-corrected chi connectivity index (χ1v) is 5.37.